The van der Waals surface area contributed by atoms with Gasteiger partial charge in [0.15, 0.2) is 0 Å². The standard InChI is InChI=1S/C26H30N4O2/c1-2-14-30-24(31)23(17-19-18-27-22-11-7-6-10-21(19)22)28-25(32)26(30)12-15-29(16-13-26)20-8-4-3-5-9-20/h3-11,18,23,27H,2,12-17H2,1H3,(H,28,32). The van der Waals surface area contributed by atoms with Gasteiger partial charge >= 0.3 is 0 Å². The maximum absolute atomic E-state index is 13.6. The topological polar surface area (TPSA) is 68.4 Å². The van der Waals surface area contributed by atoms with Gasteiger partial charge in [0.2, 0.25) is 11.8 Å². The molecule has 3 aromatic rings. The van der Waals surface area contributed by atoms with Gasteiger partial charge < -0.3 is 20.1 Å². The molecule has 2 aliphatic rings. The Morgan fingerprint density at radius 3 is 2.47 bits per heavy atom. The van der Waals surface area contributed by atoms with E-state index in [1.165, 1.54) is 5.69 Å². The van der Waals surface area contributed by atoms with Gasteiger partial charge in [-0.05, 0) is 43.0 Å². The van der Waals surface area contributed by atoms with Crippen molar-refractivity contribution in [3.05, 3.63) is 66.4 Å². The van der Waals surface area contributed by atoms with Crippen molar-refractivity contribution in [2.75, 3.05) is 24.5 Å². The highest BCUT2D eigenvalue weighted by Crippen LogP contribution is 2.35. The van der Waals surface area contributed by atoms with Crippen LogP contribution in [-0.2, 0) is 16.0 Å². The summed E-state index contributed by atoms with van der Waals surface area (Å²) in [5.41, 5.74) is 2.54. The quantitative estimate of drug-likeness (QED) is 0.651. The maximum atomic E-state index is 13.6. The van der Waals surface area contributed by atoms with Gasteiger partial charge in [-0.1, -0.05) is 43.3 Å². The molecule has 0 saturated carbocycles. The number of benzene rings is 2. The normalized spacial score (nSPS) is 20.7. The second-order valence-corrected chi connectivity index (χ2v) is 8.93. The average Bonchev–Trinajstić information content (AvgIpc) is 3.24. The lowest BCUT2D eigenvalue weighted by molar-refractivity contribution is -0.159. The van der Waals surface area contributed by atoms with Crippen molar-refractivity contribution in [1.29, 1.82) is 0 Å². The Balaban J connectivity index is 1.37. The Kier molecular flexibility index (Phi) is 5.37. The number of amides is 2. The van der Waals surface area contributed by atoms with Crippen LogP contribution in [0.1, 0.15) is 31.7 Å². The summed E-state index contributed by atoms with van der Waals surface area (Å²) in [7, 11) is 0. The van der Waals surface area contributed by atoms with Gasteiger partial charge in [-0.25, -0.2) is 0 Å². The number of anilines is 1. The van der Waals surface area contributed by atoms with E-state index in [4.69, 9.17) is 0 Å². The Bertz CT molecular complexity index is 1120. The minimum Gasteiger partial charge on any atom is -0.371 e. The highest BCUT2D eigenvalue weighted by atomic mass is 16.2. The first-order chi connectivity index (χ1) is 15.6. The van der Waals surface area contributed by atoms with Gasteiger partial charge in [0.25, 0.3) is 0 Å². The number of piperazine rings is 1. The molecular weight excluding hydrogens is 400 g/mol. The van der Waals surface area contributed by atoms with E-state index >= 15 is 0 Å². The van der Waals surface area contributed by atoms with E-state index in [1.807, 2.05) is 47.5 Å². The van der Waals surface area contributed by atoms with Crippen LogP contribution in [-0.4, -0.2) is 52.9 Å². The van der Waals surface area contributed by atoms with Crippen LogP contribution >= 0.6 is 0 Å². The molecule has 3 heterocycles. The lowest BCUT2D eigenvalue weighted by atomic mass is 9.81. The number of para-hydroxylation sites is 2. The van der Waals surface area contributed by atoms with Crippen LogP contribution < -0.4 is 10.2 Å². The predicted molar refractivity (Wildman–Crippen MR) is 127 cm³/mol. The van der Waals surface area contributed by atoms with Crippen molar-refractivity contribution in [3.8, 4) is 0 Å². The molecule has 1 atom stereocenters. The highest BCUT2D eigenvalue weighted by Gasteiger charge is 2.53. The molecule has 2 N–H and O–H groups in total. The van der Waals surface area contributed by atoms with Crippen molar-refractivity contribution in [1.82, 2.24) is 15.2 Å². The Labute approximate surface area is 188 Å². The van der Waals surface area contributed by atoms with Crippen LogP contribution in [0.3, 0.4) is 0 Å². The molecule has 2 saturated heterocycles. The smallest absolute Gasteiger partial charge is 0.246 e. The lowest BCUT2D eigenvalue weighted by Gasteiger charge is -2.52. The summed E-state index contributed by atoms with van der Waals surface area (Å²) in [6.07, 6.45) is 4.60. The van der Waals surface area contributed by atoms with E-state index < -0.39 is 11.6 Å². The van der Waals surface area contributed by atoms with E-state index in [0.29, 0.717) is 25.8 Å². The summed E-state index contributed by atoms with van der Waals surface area (Å²) in [5, 5.41) is 4.21. The monoisotopic (exact) mass is 430 g/mol. The fraction of sp³-hybridized carbons (Fsp3) is 0.385. The molecule has 0 bridgehead atoms. The van der Waals surface area contributed by atoms with E-state index in [9.17, 15) is 9.59 Å². The fourth-order valence-electron chi connectivity index (χ4n) is 5.35. The summed E-state index contributed by atoms with van der Waals surface area (Å²) in [4.78, 5) is 34.6. The first kappa shape index (κ1) is 20.6. The zero-order valence-electron chi connectivity index (χ0n) is 18.5. The van der Waals surface area contributed by atoms with Gasteiger partial charge in [-0.15, -0.1) is 0 Å². The minimum atomic E-state index is -0.741. The van der Waals surface area contributed by atoms with E-state index in [1.54, 1.807) is 0 Å². The molecular formula is C26H30N4O2. The highest BCUT2D eigenvalue weighted by molar-refractivity contribution is 6.00. The third-order valence-corrected chi connectivity index (χ3v) is 7.07. The van der Waals surface area contributed by atoms with Crippen molar-refractivity contribution in [3.63, 3.8) is 0 Å². The van der Waals surface area contributed by atoms with Crippen LogP contribution in [0.5, 0.6) is 0 Å². The van der Waals surface area contributed by atoms with E-state index in [2.05, 4.69) is 40.3 Å². The first-order valence-corrected chi connectivity index (χ1v) is 11.6. The molecule has 2 aliphatic heterocycles. The number of aromatic amines is 1. The fourth-order valence-corrected chi connectivity index (χ4v) is 5.35. The number of carbonyl (C=O) groups excluding carboxylic acids is 2. The second kappa shape index (κ2) is 8.34. The molecule has 32 heavy (non-hydrogen) atoms. The second-order valence-electron chi connectivity index (χ2n) is 8.93. The summed E-state index contributed by atoms with van der Waals surface area (Å²) in [6, 6.07) is 17.8. The van der Waals surface area contributed by atoms with E-state index in [-0.39, 0.29) is 11.8 Å². The summed E-state index contributed by atoms with van der Waals surface area (Å²) in [6.45, 7) is 4.21. The Hall–Kier alpha value is -3.28. The van der Waals surface area contributed by atoms with Gasteiger partial charge in [0.05, 0.1) is 0 Å². The number of hydrogen-bond acceptors (Lipinski definition) is 3. The number of rotatable bonds is 5. The summed E-state index contributed by atoms with van der Waals surface area (Å²) in [5.74, 6) is 0.0491. The Morgan fingerprint density at radius 1 is 1.00 bits per heavy atom. The molecule has 0 aliphatic carbocycles. The van der Waals surface area contributed by atoms with Crippen LogP contribution in [0.15, 0.2) is 60.8 Å². The van der Waals surface area contributed by atoms with Gasteiger partial charge in [-0.2, -0.15) is 0 Å². The molecule has 2 amide bonds. The number of nitrogens with one attached hydrogen (secondary N) is 2. The maximum Gasteiger partial charge on any atom is 0.246 e. The minimum absolute atomic E-state index is 0.00287. The van der Waals surface area contributed by atoms with E-state index in [0.717, 1.165) is 36.0 Å². The molecule has 166 valence electrons. The number of H-pyrrole nitrogens is 1. The van der Waals surface area contributed by atoms with Crippen molar-refractivity contribution in [2.24, 2.45) is 0 Å². The average molecular weight is 431 g/mol. The SMILES string of the molecule is CCCN1C(=O)C(Cc2c[nH]c3ccccc23)NC(=O)C12CCN(c1ccccc1)CC2. The molecule has 2 aromatic carbocycles. The van der Waals surface area contributed by atoms with Gasteiger partial charge in [-0.3, -0.25) is 9.59 Å². The lowest BCUT2D eigenvalue weighted by Crippen LogP contribution is -2.73. The molecule has 1 spiro atoms. The number of carbonyl (C=O) groups is 2. The van der Waals surface area contributed by atoms with Crippen molar-refractivity contribution < 1.29 is 9.59 Å². The number of piperidine rings is 1. The first-order valence-electron chi connectivity index (χ1n) is 11.6. The molecule has 1 unspecified atom stereocenters. The zero-order valence-corrected chi connectivity index (χ0v) is 18.5. The molecule has 5 rings (SSSR count). The Morgan fingerprint density at radius 2 is 1.72 bits per heavy atom. The predicted octanol–water partition coefficient (Wildman–Crippen LogP) is 3.49. The summed E-state index contributed by atoms with van der Waals surface area (Å²) >= 11 is 0. The molecule has 2 fully saturated rings. The van der Waals surface area contributed by atoms with Crippen molar-refractivity contribution >= 4 is 28.4 Å². The number of hydrogen-bond donors (Lipinski definition) is 2. The molecule has 6 nitrogen and oxygen atoms in total. The third-order valence-electron chi connectivity index (χ3n) is 7.07. The van der Waals surface area contributed by atoms with Crippen LogP contribution in [0.2, 0.25) is 0 Å². The van der Waals surface area contributed by atoms with Crippen LogP contribution in [0.25, 0.3) is 10.9 Å². The number of fused-ring (bicyclic) bond motifs is 1. The number of nitrogens with zero attached hydrogens (tertiary/aromatic N) is 2. The van der Waals surface area contributed by atoms with Gasteiger partial charge in [0.1, 0.15) is 11.6 Å². The van der Waals surface area contributed by atoms with Crippen LogP contribution in [0, 0.1) is 0 Å². The summed E-state index contributed by atoms with van der Waals surface area (Å²) < 4.78 is 0. The molecule has 0 radical (unpaired) electrons. The molecule has 6 heteroatoms. The third kappa shape index (κ3) is 3.44. The largest absolute Gasteiger partial charge is 0.371 e. The van der Waals surface area contributed by atoms with Gasteiger partial charge in [0, 0.05) is 48.8 Å². The molecule has 1 aromatic heterocycles. The van der Waals surface area contributed by atoms with Crippen molar-refractivity contribution in [2.45, 2.75) is 44.2 Å². The van der Waals surface area contributed by atoms with Crippen LogP contribution in [0.4, 0.5) is 5.69 Å². The number of aromatic nitrogens is 1. The zero-order chi connectivity index (χ0) is 22.1.